The molecule has 1 aromatic rings. The molecule has 0 spiro atoms. The summed E-state index contributed by atoms with van der Waals surface area (Å²) in [6.07, 6.45) is -1.77. The van der Waals surface area contributed by atoms with Crippen LogP contribution in [0, 0.1) is 0 Å². The van der Waals surface area contributed by atoms with E-state index in [1.54, 1.807) is 23.7 Å². The highest BCUT2D eigenvalue weighted by atomic mass is 35.5. The minimum absolute atomic E-state index is 0.0991. The number of alkyl halides is 3. The first-order valence-corrected chi connectivity index (χ1v) is 7.40. The maximum absolute atomic E-state index is 12.7. The van der Waals surface area contributed by atoms with Crippen LogP contribution >= 0.6 is 23.4 Å². The fourth-order valence-corrected chi connectivity index (χ4v) is 2.64. The Labute approximate surface area is 119 Å². The molecule has 0 radical (unpaired) electrons. The number of hydrogen-bond donors (Lipinski definition) is 0. The Morgan fingerprint density at radius 3 is 2.53 bits per heavy atom. The molecule has 0 N–H and O–H groups in total. The molecule has 8 heteroatoms. The minimum atomic E-state index is -4.52. The molecule has 0 saturated carbocycles. The van der Waals surface area contributed by atoms with Crippen LogP contribution in [0.3, 0.4) is 0 Å². The molecule has 1 aromatic heterocycles. The van der Waals surface area contributed by atoms with E-state index in [0.717, 1.165) is 18.2 Å². The summed E-state index contributed by atoms with van der Waals surface area (Å²) in [6, 6.07) is 1.02. The van der Waals surface area contributed by atoms with Gasteiger partial charge >= 0.3 is 6.18 Å². The standard InChI is InChI=1S/C11H15ClF3N3S/c1-4-7(6-19-3)18(2)9-5-8(11(13,14)15)16-10(12)17-9/h5,7H,4,6H2,1-3H3. The van der Waals surface area contributed by atoms with E-state index in [0.29, 0.717) is 0 Å². The van der Waals surface area contributed by atoms with Gasteiger partial charge in [-0.3, -0.25) is 0 Å². The van der Waals surface area contributed by atoms with E-state index in [2.05, 4.69) is 9.97 Å². The lowest BCUT2D eigenvalue weighted by Gasteiger charge is -2.28. The number of nitrogens with zero attached hydrogens (tertiary/aromatic N) is 3. The first kappa shape index (κ1) is 16.4. The van der Waals surface area contributed by atoms with Gasteiger partial charge in [0.1, 0.15) is 5.82 Å². The van der Waals surface area contributed by atoms with Crippen molar-refractivity contribution in [2.24, 2.45) is 0 Å². The Kier molecular flexibility index (Phi) is 5.73. The average Bonchev–Trinajstić information content (AvgIpc) is 2.33. The third kappa shape index (κ3) is 4.42. The van der Waals surface area contributed by atoms with Crippen molar-refractivity contribution >= 4 is 29.2 Å². The second-order valence-corrected chi connectivity index (χ2v) is 5.26. The Bertz CT molecular complexity index is 428. The predicted molar refractivity (Wildman–Crippen MR) is 72.9 cm³/mol. The van der Waals surface area contributed by atoms with Crippen molar-refractivity contribution in [3.05, 3.63) is 17.0 Å². The van der Waals surface area contributed by atoms with Crippen LogP contribution in [0.5, 0.6) is 0 Å². The highest BCUT2D eigenvalue weighted by Gasteiger charge is 2.34. The largest absolute Gasteiger partial charge is 0.433 e. The number of rotatable bonds is 5. The van der Waals surface area contributed by atoms with E-state index in [1.807, 2.05) is 13.2 Å². The number of anilines is 1. The van der Waals surface area contributed by atoms with E-state index in [4.69, 9.17) is 11.6 Å². The maximum Gasteiger partial charge on any atom is 0.433 e. The summed E-state index contributed by atoms with van der Waals surface area (Å²) >= 11 is 7.20. The Hall–Kier alpha value is -0.690. The summed E-state index contributed by atoms with van der Waals surface area (Å²) in [5.41, 5.74) is -1.02. The van der Waals surface area contributed by atoms with Crippen LogP contribution in [0.2, 0.25) is 5.28 Å². The molecule has 0 amide bonds. The smallest absolute Gasteiger partial charge is 0.356 e. The van der Waals surface area contributed by atoms with E-state index < -0.39 is 17.2 Å². The zero-order chi connectivity index (χ0) is 14.6. The first-order chi connectivity index (χ1) is 8.79. The van der Waals surface area contributed by atoms with Gasteiger partial charge in [-0.05, 0) is 24.3 Å². The fraction of sp³-hybridized carbons (Fsp3) is 0.636. The Balaban J connectivity index is 3.09. The molecule has 0 fully saturated rings. The molecule has 19 heavy (non-hydrogen) atoms. The van der Waals surface area contributed by atoms with E-state index in [1.165, 1.54) is 0 Å². The number of thioether (sulfide) groups is 1. The van der Waals surface area contributed by atoms with Crippen LogP contribution < -0.4 is 4.90 Å². The molecular weight excluding hydrogens is 299 g/mol. The third-order valence-corrected chi connectivity index (χ3v) is 3.60. The molecule has 0 saturated heterocycles. The van der Waals surface area contributed by atoms with Gasteiger partial charge in [-0.2, -0.15) is 24.9 Å². The van der Waals surface area contributed by atoms with Crippen molar-refractivity contribution < 1.29 is 13.2 Å². The van der Waals surface area contributed by atoms with Gasteiger partial charge in [-0.15, -0.1) is 0 Å². The van der Waals surface area contributed by atoms with Gasteiger partial charge in [0.2, 0.25) is 5.28 Å². The summed E-state index contributed by atoms with van der Waals surface area (Å²) in [5, 5.41) is -0.393. The summed E-state index contributed by atoms with van der Waals surface area (Å²) < 4.78 is 38.0. The number of hydrogen-bond acceptors (Lipinski definition) is 4. The van der Waals surface area contributed by atoms with Gasteiger partial charge in [0, 0.05) is 24.9 Å². The van der Waals surface area contributed by atoms with Crippen LogP contribution in [0.15, 0.2) is 6.07 Å². The predicted octanol–water partition coefficient (Wildman–Crippen LogP) is 3.73. The van der Waals surface area contributed by atoms with Gasteiger partial charge in [-0.25, -0.2) is 9.97 Å². The maximum atomic E-state index is 12.7. The van der Waals surface area contributed by atoms with Crippen LogP contribution in [0.1, 0.15) is 19.0 Å². The van der Waals surface area contributed by atoms with Crippen molar-refractivity contribution in [3.63, 3.8) is 0 Å². The van der Waals surface area contributed by atoms with Gasteiger partial charge in [0.15, 0.2) is 5.69 Å². The summed E-state index contributed by atoms with van der Waals surface area (Å²) in [5.74, 6) is 0.990. The highest BCUT2D eigenvalue weighted by Crippen LogP contribution is 2.31. The minimum Gasteiger partial charge on any atom is -0.356 e. The van der Waals surface area contributed by atoms with E-state index >= 15 is 0 Å². The molecule has 0 aromatic carbocycles. The third-order valence-electron chi connectivity index (χ3n) is 2.72. The van der Waals surface area contributed by atoms with Crippen molar-refractivity contribution in [2.45, 2.75) is 25.6 Å². The van der Waals surface area contributed by atoms with Gasteiger partial charge < -0.3 is 4.90 Å². The molecule has 1 unspecified atom stereocenters. The lowest BCUT2D eigenvalue weighted by atomic mass is 10.2. The molecule has 0 aliphatic carbocycles. The molecule has 0 aliphatic rings. The summed E-state index contributed by atoms with van der Waals surface area (Å²) in [7, 11) is 1.71. The van der Waals surface area contributed by atoms with Gasteiger partial charge in [-0.1, -0.05) is 6.92 Å². The number of halogens is 4. The lowest BCUT2D eigenvalue weighted by molar-refractivity contribution is -0.141. The van der Waals surface area contributed by atoms with Crippen molar-refractivity contribution in [2.75, 3.05) is 24.0 Å². The van der Waals surface area contributed by atoms with Crippen molar-refractivity contribution in [1.82, 2.24) is 9.97 Å². The normalized spacial score (nSPS) is 13.4. The fourth-order valence-electron chi connectivity index (χ4n) is 1.61. The zero-order valence-corrected chi connectivity index (χ0v) is 12.4. The molecule has 0 bridgehead atoms. The lowest BCUT2D eigenvalue weighted by Crippen LogP contribution is -2.34. The highest BCUT2D eigenvalue weighted by molar-refractivity contribution is 7.98. The van der Waals surface area contributed by atoms with Crippen molar-refractivity contribution in [1.29, 1.82) is 0 Å². The zero-order valence-electron chi connectivity index (χ0n) is 10.8. The average molecular weight is 314 g/mol. The molecule has 1 heterocycles. The molecule has 3 nitrogen and oxygen atoms in total. The monoisotopic (exact) mass is 313 g/mol. The number of aromatic nitrogens is 2. The second-order valence-electron chi connectivity index (χ2n) is 4.01. The van der Waals surface area contributed by atoms with Crippen LogP contribution in [0.4, 0.5) is 19.0 Å². The van der Waals surface area contributed by atoms with Crippen LogP contribution in [0.25, 0.3) is 0 Å². The van der Waals surface area contributed by atoms with E-state index in [9.17, 15) is 13.2 Å². The second kappa shape index (κ2) is 6.65. The SMILES string of the molecule is CCC(CSC)N(C)c1cc(C(F)(F)F)nc(Cl)n1. The molecule has 0 aliphatic heterocycles. The van der Waals surface area contributed by atoms with Gasteiger partial charge in [0.05, 0.1) is 0 Å². The quantitative estimate of drug-likeness (QED) is 0.775. The molecule has 1 atom stereocenters. The van der Waals surface area contributed by atoms with Crippen LogP contribution in [-0.4, -0.2) is 35.1 Å². The van der Waals surface area contributed by atoms with E-state index in [-0.39, 0.29) is 11.9 Å². The Morgan fingerprint density at radius 2 is 2.05 bits per heavy atom. The molecule has 1 rings (SSSR count). The van der Waals surface area contributed by atoms with Gasteiger partial charge in [0.25, 0.3) is 0 Å². The topological polar surface area (TPSA) is 29.0 Å². The molecule has 108 valence electrons. The summed E-state index contributed by atoms with van der Waals surface area (Å²) in [6.45, 7) is 1.98. The van der Waals surface area contributed by atoms with Crippen LogP contribution in [-0.2, 0) is 6.18 Å². The first-order valence-electron chi connectivity index (χ1n) is 5.63. The molecular formula is C11H15ClF3N3S. The van der Waals surface area contributed by atoms with Crippen molar-refractivity contribution in [3.8, 4) is 0 Å². The Morgan fingerprint density at radius 1 is 1.42 bits per heavy atom. The summed E-state index contributed by atoms with van der Waals surface area (Å²) in [4.78, 5) is 8.79.